The van der Waals surface area contributed by atoms with Gasteiger partial charge in [0.25, 0.3) is 0 Å². The van der Waals surface area contributed by atoms with Crippen LogP contribution in [0.1, 0.15) is 46.0 Å². The van der Waals surface area contributed by atoms with E-state index in [0.717, 1.165) is 18.5 Å². The van der Waals surface area contributed by atoms with Crippen LogP contribution in [-0.4, -0.2) is 37.9 Å². The molecule has 0 fully saturated rings. The van der Waals surface area contributed by atoms with Crippen LogP contribution in [0.3, 0.4) is 0 Å². The molecule has 0 aliphatic carbocycles. The Kier molecular flexibility index (Phi) is 8.21. The van der Waals surface area contributed by atoms with Crippen molar-refractivity contribution in [3.8, 4) is 5.69 Å². The number of carbonyl (C=O) groups is 1. The fourth-order valence-corrected chi connectivity index (χ4v) is 3.24. The van der Waals surface area contributed by atoms with Gasteiger partial charge in [0.15, 0.2) is 0 Å². The van der Waals surface area contributed by atoms with E-state index >= 15 is 0 Å². The molecule has 1 heterocycles. The van der Waals surface area contributed by atoms with Crippen LogP contribution in [-0.2, 0) is 4.79 Å². The molecule has 0 unspecified atom stereocenters. The number of aromatic nitrogens is 4. The van der Waals surface area contributed by atoms with Gasteiger partial charge in [-0.2, -0.15) is 4.68 Å². The lowest BCUT2D eigenvalue weighted by Gasteiger charge is -2.13. The summed E-state index contributed by atoms with van der Waals surface area (Å²) in [6, 6.07) is 7.42. The fourth-order valence-electron chi connectivity index (χ4n) is 2.41. The van der Waals surface area contributed by atoms with Gasteiger partial charge in [-0.05, 0) is 48.0 Å². The van der Waals surface area contributed by atoms with E-state index < -0.39 is 0 Å². The summed E-state index contributed by atoms with van der Waals surface area (Å²) in [6.07, 6.45) is 5.86. The summed E-state index contributed by atoms with van der Waals surface area (Å²) < 4.78 is 1.60. The molecule has 25 heavy (non-hydrogen) atoms. The zero-order valence-corrected chi connectivity index (χ0v) is 16.2. The molecule has 8 heteroatoms. The van der Waals surface area contributed by atoms with Crippen molar-refractivity contribution in [2.24, 2.45) is 0 Å². The molecule has 1 amide bonds. The minimum Gasteiger partial charge on any atom is -0.353 e. The van der Waals surface area contributed by atoms with Crippen LogP contribution in [0.2, 0.25) is 5.02 Å². The molecule has 2 rings (SSSR count). The van der Waals surface area contributed by atoms with Gasteiger partial charge in [-0.25, -0.2) is 0 Å². The lowest BCUT2D eigenvalue weighted by atomic mass is 10.1. The third kappa shape index (κ3) is 6.66. The Balaban J connectivity index is 1.80. The van der Waals surface area contributed by atoms with Crippen LogP contribution in [0.4, 0.5) is 0 Å². The minimum atomic E-state index is -0.00125. The van der Waals surface area contributed by atoms with Crippen LogP contribution in [0.25, 0.3) is 5.69 Å². The van der Waals surface area contributed by atoms with Crippen molar-refractivity contribution in [3.63, 3.8) is 0 Å². The normalized spacial score (nSPS) is 12.1. The number of tetrazole rings is 1. The van der Waals surface area contributed by atoms with Crippen LogP contribution in [0.5, 0.6) is 0 Å². The SMILES string of the molecule is CCCCCC[C@@H](C)NC(=O)CSc1nnnn1-c1ccc(Cl)cc1. The summed E-state index contributed by atoms with van der Waals surface area (Å²) in [5.74, 6) is 0.284. The van der Waals surface area contributed by atoms with Gasteiger partial charge in [-0.3, -0.25) is 4.79 Å². The number of rotatable bonds is 10. The second-order valence-electron chi connectivity index (χ2n) is 5.96. The molecule has 1 aromatic carbocycles. The van der Waals surface area contributed by atoms with Gasteiger partial charge in [0, 0.05) is 11.1 Å². The van der Waals surface area contributed by atoms with E-state index in [-0.39, 0.29) is 17.7 Å². The number of nitrogens with zero attached hydrogens (tertiary/aromatic N) is 4. The highest BCUT2D eigenvalue weighted by molar-refractivity contribution is 7.99. The van der Waals surface area contributed by atoms with Crippen LogP contribution in [0.15, 0.2) is 29.4 Å². The monoisotopic (exact) mass is 381 g/mol. The van der Waals surface area contributed by atoms with Crippen molar-refractivity contribution in [1.82, 2.24) is 25.5 Å². The number of hydrogen-bond donors (Lipinski definition) is 1. The molecule has 1 N–H and O–H groups in total. The maximum Gasteiger partial charge on any atom is 0.230 e. The first-order chi connectivity index (χ1) is 12.1. The molecule has 0 saturated carbocycles. The van der Waals surface area contributed by atoms with E-state index in [1.165, 1.54) is 31.0 Å². The van der Waals surface area contributed by atoms with Gasteiger partial charge in [0.2, 0.25) is 11.1 Å². The van der Waals surface area contributed by atoms with Crippen molar-refractivity contribution in [2.75, 3.05) is 5.75 Å². The Morgan fingerprint density at radius 1 is 1.28 bits per heavy atom. The molecule has 0 aliphatic heterocycles. The fraction of sp³-hybridized carbons (Fsp3) is 0.529. The zero-order chi connectivity index (χ0) is 18.1. The Hall–Kier alpha value is -1.60. The Morgan fingerprint density at radius 3 is 2.76 bits per heavy atom. The van der Waals surface area contributed by atoms with E-state index in [1.54, 1.807) is 16.8 Å². The Labute approximate surface area is 157 Å². The first-order valence-electron chi connectivity index (χ1n) is 8.56. The third-order valence-electron chi connectivity index (χ3n) is 3.74. The lowest BCUT2D eigenvalue weighted by molar-refractivity contribution is -0.119. The molecular weight excluding hydrogens is 358 g/mol. The van der Waals surface area contributed by atoms with E-state index in [9.17, 15) is 4.79 Å². The molecule has 0 bridgehead atoms. The predicted octanol–water partition coefficient (Wildman–Crippen LogP) is 3.88. The van der Waals surface area contributed by atoms with Gasteiger partial charge >= 0.3 is 0 Å². The summed E-state index contributed by atoms with van der Waals surface area (Å²) in [4.78, 5) is 12.1. The summed E-state index contributed by atoms with van der Waals surface area (Å²) in [6.45, 7) is 4.24. The number of unbranched alkanes of at least 4 members (excludes halogenated alkanes) is 3. The quantitative estimate of drug-likeness (QED) is 0.499. The second-order valence-corrected chi connectivity index (χ2v) is 7.34. The van der Waals surface area contributed by atoms with Crippen LogP contribution >= 0.6 is 23.4 Å². The average Bonchev–Trinajstić information content (AvgIpc) is 3.06. The third-order valence-corrected chi connectivity index (χ3v) is 4.91. The molecule has 0 radical (unpaired) electrons. The largest absolute Gasteiger partial charge is 0.353 e. The number of nitrogens with one attached hydrogen (secondary N) is 1. The minimum absolute atomic E-state index is 0.00125. The lowest BCUT2D eigenvalue weighted by Crippen LogP contribution is -2.33. The van der Waals surface area contributed by atoms with E-state index in [2.05, 4.69) is 27.8 Å². The van der Waals surface area contributed by atoms with Crippen molar-refractivity contribution in [3.05, 3.63) is 29.3 Å². The molecular formula is C17H24ClN5OS. The van der Waals surface area contributed by atoms with E-state index in [0.29, 0.717) is 10.2 Å². The van der Waals surface area contributed by atoms with Gasteiger partial charge < -0.3 is 5.32 Å². The van der Waals surface area contributed by atoms with E-state index in [4.69, 9.17) is 11.6 Å². The molecule has 1 atom stereocenters. The van der Waals surface area contributed by atoms with Crippen LogP contribution in [0, 0.1) is 0 Å². The summed E-state index contributed by atoms with van der Waals surface area (Å²) in [5, 5.41) is 15.9. The highest BCUT2D eigenvalue weighted by Gasteiger charge is 2.13. The Morgan fingerprint density at radius 2 is 2.04 bits per heavy atom. The number of thioether (sulfide) groups is 1. The highest BCUT2D eigenvalue weighted by atomic mass is 35.5. The van der Waals surface area contributed by atoms with Crippen LogP contribution < -0.4 is 5.32 Å². The van der Waals surface area contributed by atoms with Gasteiger partial charge in [0.1, 0.15) is 0 Å². The topological polar surface area (TPSA) is 72.7 Å². The van der Waals surface area contributed by atoms with Gasteiger partial charge in [-0.15, -0.1) is 5.10 Å². The molecule has 136 valence electrons. The number of carbonyl (C=O) groups excluding carboxylic acids is 1. The molecule has 2 aromatic rings. The molecule has 6 nitrogen and oxygen atoms in total. The summed E-state index contributed by atoms with van der Waals surface area (Å²) >= 11 is 7.22. The molecule has 1 aromatic heterocycles. The molecule has 0 spiro atoms. The zero-order valence-electron chi connectivity index (χ0n) is 14.6. The van der Waals surface area contributed by atoms with Gasteiger partial charge in [0.05, 0.1) is 11.4 Å². The number of hydrogen-bond acceptors (Lipinski definition) is 5. The van der Waals surface area contributed by atoms with Crippen molar-refractivity contribution in [2.45, 2.75) is 57.1 Å². The molecule has 0 aliphatic rings. The van der Waals surface area contributed by atoms with Crippen molar-refractivity contribution >= 4 is 29.3 Å². The molecule has 0 saturated heterocycles. The second kappa shape index (κ2) is 10.4. The summed E-state index contributed by atoms with van der Waals surface area (Å²) in [7, 11) is 0. The average molecular weight is 382 g/mol. The van der Waals surface area contributed by atoms with Crippen molar-refractivity contribution in [1.29, 1.82) is 0 Å². The maximum atomic E-state index is 12.1. The standard InChI is InChI=1S/C17H24ClN5OS/c1-3-4-5-6-7-13(2)19-16(24)12-25-17-20-21-22-23(17)15-10-8-14(18)9-11-15/h8-11,13H,3-7,12H2,1-2H3,(H,19,24)/t13-/m1/s1. The Bertz CT molecular complexity index is 661. The van der Waals surface area contributed by atoms with Gasteiger partial charge in [-0.1, -0.05) is 56.0 Å². The highest BCUT2D eigenvalue weighted by Crippen LogP contribution is 2.19. The predicted molar refractivity (Wildman–Crippen MR) is 101 cm³/mol. The first kappa shape index (κ1) is 19.7. The first-order valence-corrected chi connectivity index (χ1v) is 9.93. The number of benzene rings is 1. The van der Waals surface area contributed by atoms with Crippen molar-refractivity contribution < 1.29 is 4.79 Å². The smallest absolute Gasteiger partial charge is 0.230 e. The maximum absolute atomic E-state index is 12.1. The number of halogens is 1. The van der Waals surface area contributed by atoms with E-state index in [1.807, 2.05) is 19.1 Å². The summed E-state index contributed by atoms with van der Waals surface area (Å²) in [5.41, 5.74) is 0.807. The number of amides is 1.